The van der Waals surface area contributed by atoms with Gasteiger partial charge in [-0.1, -0.05) is 30.3 Å². The molecule has 0 unspecified atom stereocenters. The van der Waals surface area contributed by atoms with Crippen LogP contribution in [0, 0.1) is 0 Å². The Kier molecular flexibility index (Phi) is 2.94. The Hall–Kier alpha value is -1.68. The molecule has 20 heavy (non-hydrogen) atoms. The molecule has 0 aromatic heterocycles. The molecule has 1 fully saturated rings. The van der Waals surface area contributed by atoms with Crippen LogP contribution in [0.3, 0.4) is 0 Å². The number of rotatable bonds is 3. The summed E-state index contributed by atoms with van der Waals surface area (Å²) >= 11 is 0. The fraction of sp³-hybridized carbons (Fsp3) is 0.375. The predicted molar refractivity (Wildman–Crippen MR) is 75.4 cm³/mol. The lowest BCUT2D eigenvalue weighted by Gasteiger charge is -2.47. The number of alkyl halides is 2. The molecule has 0 saturated heterocycles. The van der Waals surface area contributed by atoms with Crippen molar-refractivity contribution in [1.29, 1.82) is 0 Å². The maximum atomic E-state index is 13.4. The van der Waals surface area contributed by atoms with Gasteiger partial charge in [0.2, 0.25) is 5.92 Å². The van der Waals surface area contributed by atoms with E-state index in [1.807, 2.05) is 36.4 Å². The van der Waals surface area contributed by atoms with E-state index in [1.165, 1.54) is 0 Å². The topological polar surface area (TPSA) is 35.2 Å². The zero-order chi connectivity index (χ0) is 14.4. The van der Waals surface area contributed by atoms with Gasteiger partial charge in [0.25, 0.3) is 0 Å². The van der Waals surface area contributed by atoms with Crippen molar-refractivity contribution >= 4 is 10.8 Å². The van der Waals surface area contributed by atoms with E-state index in [0.29, 0.717) is 0 Å². The molecule has 1 aliphatic carbocycles. The summed E-state index contributed by atoms with van der Waals surface area (Å²) in [5.41, 5.74) is 6.11. The molecule has 2 aromatic rings. The summed E-state index contributed by atoms with van der Waals surface area (Å²) in [5.74, 6) is -1.84. The van der Waals surface area contributed by atoms with E-state index in [0.717, 1.165) is 22.1 Å². The first-order valence-electron chi connectivity index (χ1n) is 6.65. The summed E-state index contributed by atoms with van der Waals surface area (Å²) < 4.78 is 32.1. The van der Waals surface area contributed by atoms with Crippen molar-refractivity contribution in [2.45, 2.75) is 24.2 Å². The second-order valence-electron chi connectivity index (χ2n) is 5.55. The third-order valence-electron chi connectivity index (χ3n) is 4.26. The van der Waals surface area contributed by atoms with Crippen LogP contribution in [-0.4, -0.2) is 19.6 Å². The van der Waals surface area contributed by atoms with Gasteiger partial charge in [-0.25, -0.2) is 8.78 Å². The van der Waals surface area contributed by atoms with Gasteiger partial charge in [0.05, 0.1) is 7.11 Å². The maximum absolute atomic E-state index is 13.4. The van der Waals surface area contributed by atoms with Crippen molar-refractivity contribution in [2.24, 2.45) is 5.73 Å². The molecule has 4 heteroatoms. The van der Waals surface area contributed by atoms with Crippen molar-refractivity contribution < 1.29 is 13.5 Å². The third-order valence-corrected chi connectivity index (χ3v) is 4.26. The molecular weight excluding hydrogens is 260 g/mol. The van der Waals surface area contributed by atoms with Crippen LogP contribution in [0.4, 0.5) is 8.78 Å². The van der Waals surface area contributed by atoms with E-state index in [-0.39, 0.29) is 19.4 Å². The minimum absolute atomic E-state index is 0.174. The van der Waals surface area contributed by atoms with Gasteiger partial charge in [-0.15, -0.1) is 0 Å². The maximum Gasteiger partial charge on any atom is 0.250 e. The Bertz CT molecular complexity index is 646. The van der Waals surface area contributed by atoms with Gasteiger partial charge in [0, 0.05) is 30.2 Å². The molecule has 0 atom stereocenters. The average molecular weight is 277 g/mol. The van der Waals surface area contributed by atoms with Crippen molar-refractivity contribution in [3.8, 4) is 5.75 Å². The lowest BCUT2D eigenvalue weighted by atomic mass is 9.61. The lowest BCUT2D eigenvalue weighted by Crippen LogP contribution is -2.53. The highest BCUT2D eigenvalue weighted by Gasteiger charge is 2.56. The molecule has 0 bridgehead atoms. The van der Waals surface area contributed by atoms with Crippen LogP contribution in [-0.2, 0) is 5.41 Å². The standard InChI is InChI=1S/C16H17F2NO/c1-20-14-7-6-13(11-4-2-3-5-12(11)14)15(10-19)8-16(17,18)9-15/h2-7H,8-10,19H2,1H3. The Labute approximate surface area is 116 Å². The number of nitrogens with two attached hydrogens (primary N) is 1. The summed E-state index contributed by atoms with van der Waals surface area (Å²) in [7, 11) is 1.61. The van der Waals surface area contributed by atoms with Crippen molar-refractivity contribution in [3.63, 3.8) is 0 Å². The van der Waals surface area contributed by atoms with E-state index < -0.39 is 11.3 Å². The van der Waals surface area contributed by atoms with Gasteiger partial charge in [-0.3, -0.25) is 0 Å². The summed E-state index contributed by atoms with van der Waals surface area (Å²) in [6.45, 7) is 0.235. The second-order valence-corrected chi connectivity index (χ2v) is 5.55. The number of ether oxygens (including phenoxy) is 1. The Morgan fingerprint density at radius 3 is 2.30 bits per heavy atom. The highest BCUT2D eigenvalue weighted by molar-refractivity contribution is 5.92. The Morgan fingerprint density at radius 2 is 1.75 bits per heavy atom. The highest BCUT2D eigenvalue weighted by atomic mass is 19.3. The molecule has 3 rings (SSSR count). The molecule has 106 valence electrons. The van der Waals surface area contributed by atoms with E-state index >= 15 is 0 Å². The lowest BCUT2D eigenvalue weighted by molar-refractivity contribution is -0.123. The molecule has 0 heterocycles. The van der Waals surface area contributed by atoms with Crippen LogP contribution in [0.25, 0.3) is 10.8 Å². The number of fused-ring (bicyclic) bond motifs is 1. The van der Waals surface area contributed by atoms with Crippen LogP contribution in [0.1, 0.15) is 18.4 Å². The normalized spacial score (nSPS) is 19.6. The van der Waals surface area contributed by atoms with Crippen LogP contribution in [0.5, 0.6) is 5.75 Å². The molecule has 1 aliphatic rings. The average Bonchev–Trinajstić information content (AvgIpc) is 2.43. The molecule has 2 aromatic carbocycles. The van der Waals surface area contributed by atoms with Gasteiger partial charge in [0.15, 0.2) is 0 Å². The zero-order valence-electron chi connectivity index (χ0n) is 11.3. The highest BCUT2D eigenvalue weighted by Crippen LogP contribution is 2.54. The Balaban J connectivity index is 2.18. The number of hydrogen-bond acceptors (Lipinski definition) is 2. The SMILES string of the molecule is COc1ccc(C2(CN)CC(F)(F)C2)c2ccccc12. The fourth-order valence-electron chi connectivity index (χ4n) is 3.29. The molecule has 0 amide bonds. The van der Waals surface area contributed by atoms with Gasteiger partial charge in [-0.2, -0.15) is 0 Å². The van der Waals surface area contributed by atoms with Crippen LogP contribution in [0.15, 0.2) is 36.4 Å². The molecule has 1 saturated carbocycles. The van der Waals surface area contributed by atoms with Crippen LogP contribution < -0.4 is 10.5 Å². The summed E-state index contributed by atoms with van der Waals surface area (Å²) in [6.07, 6.45) is -0.348. The number of hydrogen-bond donors (Lipinski definition) is 1. The summed E-state index contributed by atoms with van der Waals surface area (Å²) in [5, 5.41) is 1.89. The summed E-state index contributed by atoms with van der Waals surface area (Å²) in [6, 6.07) is 11.4. The van der Waals surface area contributed by atoms with Crippen molar-refractivity contribution in [2.75, 3.05) is 13.7 Å². The van der Waals surface area contributed by atoms with Crippen LogP contribution in [0.2, 0.25) is 0 Å². The Morgan fingerprint density at radius 1 is 1.10 bits per heavy atom. The number of methoxy groups -OCH3 is 1. The van der Waals surface area contributed by atoms with Crippen molar-refractivity contribution in [1.82, 2.24) is 0 Å². The van der Waals surface area contributed by atoms with E-state index in [9.17, 15) is 8.78 Å². The van der Waals surface area contributed by atoms with Gasteiger partial charge < -0.3 is 10.5 Å². The zero-order valence-corrected chi connectivity index (χ0v) is 11.3. The first-order chi connectivity index (χ1) is 9.51. The number of halogens is 2. The van der Waals surface area contributed by atoms with Gasteiger partial charge in [0.1, 0.15) is 5.75 Å². The van der Waals surface area contributed by atoms with E-state index in [4.69, 9.17) is 10.5 Å². The molecular formula is C16H17F2NO. The summed E-state index contributed by atoms with van der Waals surface area (Å²) in [4.78, 5) is 0. The quantitative estimate of drug-likeness (QED) is 0.932. The monoisotopic (exact) mass is 277 g/mol. The first-order valence-corrected chi connectivity index (χ1v) is 6.65. The first kappa shape index (κ1) is 13.3. The van der Waals surface area contributed by atoms with Crippen LogP contribution >= 0.6 is 0 Å². The number of benzene rings is 2. The minimum Gasteiger partial charge on any atom is -0.496 e. The molecule has 0 radical (unpaired) electrons. The fourth-order valence-corrected chi connectivity index (χ4v) is 3.29. The predicted octanol–water partition coefficient (Wildman–Crippen LogP) is 3.47. The second kappa shape index (κ2) is 4.42. The smallest absolute Gasteiger partial charge is 0.250 e. The van der Waals surface area contributed by atoms with E-state index in [2.05, 4.69) is 0 Å². The molecule has 2 N–H and O–H groups in total. The van der Waals surface area contributed by atoms with E-state index in [1.54, 1.807) is 7.11 Å². The molecule has 2 nitrogen and oxygen atoms in total. The molecule has 0 aliphatic heterocycles. The van der Waals surface area contributed by atoms with Gasteiger partial charge >= 0.3 is 0 Å². The minimum atomic E-state index is -2.60. The molecule has 0 spiro atoms. The largest absolute Gasteiger partial charge is 0.496 e. The third kappa shape index (κ3) is 1.86. The van der Waals surface area contributed by atoms with Gasteiger partial charge in [-0.05, 0) is 17.0 Å². The van der Waals surface area contributed by atoms with Crippen molar-refractivity contribution in [3.05, 3.63) is 42.0 Å².